The molecule has 0 radical (unpaired) electrons. The van der Waals surface area contributed by atoms with Crippen LogP contribution in [0, 0.1) is 6.92 Å². The molecule has 2 aliphatic rings. The first-order chi connectivity index (χ1) is 12.0. The molecule has 0 atom stereocenters. The van der Waals surface area contributed by atoms with Crippen molar-refractivity contribution in [3.05, 3.63) is 30.1 Å². The zero-order chi connectivity index (χ0) is 17.6. The van der Waals surface area contributed by atoms with Gasteiger partial charge in [-0.15, -0.1) is 0 Å². The zero-order valence-corrected chi connectivity index (χ0v) is 13.9. The van der Waals surface area contributed by atoms with E-state index in [9.17, 15) is 14.4 Å². The third kappa shape index (κ3) is 2.54. The molecule has 4 rings (SSSR count). The number of para-hydroxylation sites is 2. The van der Waals surface area contributed by atoms with E-state index in [0.29, 0.717) is 25.9 Å². The van der Waals surface area contributed by atoms with Crippen LogP contribution in [0.25, 0.3) is 11.0 Å². The third-order valence-corrected chi connectivity index (χ3v) is 5.12. The highest BCUT2D eigenvalue weighted by Gasteiger charge is 2.48. The van der Waals surface area contributed by atoms with Crippen molar-refractivity contribution >= 4 is 28.9 Å². The number of amides is 4. The highest BCUT2D eigenvalue weighted by molar-refractivity contribution is 6.07. The molecule has 8 heteroatoms. The van der Waals surface area contributed by atoms with E-state index in [2.05, 4.69) is 15.6 Å². The van der Waals surface area contributed by atoms with Crippen LogP contribution in [0.1, 0.15) is 18.7 Å². The van der Waals surface area contributed by atoms with Gasteiger partial charge in [0.25, 0.3) is 5.91 Å². The van der Waals surface area contributed by atoms with Crippen molar-refractivity contribution in [2.45, 2.75) is 31.8 Å². The summed E-state index contributed by atoms with van der Waals surface area (Å²) in [4.78, 5) is 42.3. The summed E-state index contributed by atoms with van der Waals surface area (Å²) in [7, 11) is 0. The number of benzene rings is 1. The van der Waals surface area contributed by atoms with E-state index in [0.717, 1.165) is 16.9 Å². The average Bonchev–Trinajstić information content (AvgIpc) is 3.05. The Hall–Kier alpha value is -2.90. The lowest BCUT2D eigenvalue weighted by Crippen LogP contribution is -2.56. The molecule has 2 N–H and O–H groups in total. The number of hydrogen-bond donors (Lipinski definition) is 2. The molecule has 2 fully saturated rings. The summed E-state index contributed by atoms with van der Waals surface area (Å²) in [6.07, 6.45) is 0.861. The molecular formula is C17H19N5O3. The first-order valence-corrected chi connectivity index (χ1v) is 8.32. The van der Waals surface area contributed by atoms with Crippen molar-refractivity contribution in [1.82, 2.24) is 25.1 Å². The predicted octanol–water partition coefficient (Wildman–Crippen LogP) is 0.545. The third-order valence-electron chi connectivity index (χ3n) is 5.12. The number of carbonyl (C=O) groups excluding carboxylic acids is 3. The normalized spacial score (nSPS) is 19.3. The molecule has 4 amide bonds. The van der Waals surface area contributed by atoms with Gasteiger partial charge in [-0.25, -0.2) is 9.78 Å². The Morgan fingerprint density at radius 1 is 1.24 bits per heavy atom. The number of likely N-dealkylation sites (tertiary alicyclic amines) is 1. The average molecular weight is 341 g/mol. The highest BCUT2D eigenvalue weighted by atomic mass is 16.2. The van der Waals surface area contributed by atoms with Crippen molar-refractivity contribution in [1.29, 1.82) is 0 Å². The summed E-state index contributed by atoms with van der Waals surface area (Å²) in [6.45, 7) is 2.99. The second-order valence-electron chi connectivity index (χ2n) is 6.61. The number of nitrogens with one attached hydrogen (secondary N) is 2. The van der Waals surface area contributed by atoms with Crippen LogP contribution in [0.3, 0.4) is 0 Å². The molecule has 2 aromatic rings. The molecule has 130 valence electrons. The van der Waals surface area contributed by atoms with Crippen LogP contribution in [-0.2, 0) is 16.1 Å². The Morgan fingerprint density at radius 2 is 1.96 bits per heavy atom. The summed E-state index contributed by atoms with van der Waals surface area (Å²) in [6, 6.07) is 7.27. The lowest BCUT2D eigenvalue weighted by Gasteiger charge is -2.37. The van der Waals surface area contributed by atoms with Gasteiger partial charge in [-0.05, 0) is 31.9 Å². The van der Waals surface area contributed by atoms with E-state index in [1.165, 1.54) is 0 Å². The van der Waals surface area contributed by atoms with Gasteiger partial charge in [-0.2, -0.15) is 0 Å². The number of hydrogen-bond acceptors (Lipinski definition) is 4. The molecule has 0 aliphatic carbocycles. The number of aryl methyl sites for hydroxylation is 1. The van der Waals surface area contributed by atoms with E-state index < -0.39 is 11.6 Å². The van der Waals surface area contributed by atoms with Crippen LogP contribution in [-0.4, -0.2) is 50.9 Å². The number of piperidine rings is 1. The van der Waals surface area contributed by atoms with E-state index >= 15 is 0 Å². The Kier molecular flexibility index (Phi) is 3.48. The van der Waals surface area contributed by atoms with Crippen molar-refractivity contribution in [2.24, 2.45) is 0 Å². The van der Waals surface area contributed by atoms with Gasteiger partial charge < -0.3 is 14.8 Å². The van der Waals surface area contributed by atoms with Gasteiger partial charge in [-0.1, -0.05) is 12.1 Å². The van der Waals surface area contributed by atoms with Crippen LogP contribution in [0.15, 0.2) is 24.3 Å². The topological polar surface area (TPSA) is 96.3 Å². The van der Waals surface area contributed by atoms with Gasteiger partial charge in [0.15, 0.2) is 0 Å². The molecular weight excluding hydrogens is 322 g/mol. The Balaban J connectivity index is 1.47. The maximum Gasteiger partial charge on any atom is 0.322 e. The largest absolute Gasteiger partial charge is 0.341 e. The number of imidazole rings is 1. The highest BCUT2D eigenvalue weighted by Crippen LogP contribution is 2.26. The number of rotatable bonds is 2. The van der Waals surface area contributed by atoms with E-state index in [1.807, 2.05) is 35.8 Å². The summed E-state index contributed by atoms with van der Waals surface area (Å²) < 4.78 is 1.91. The van der Waals surface area contributed by atoms with Gasteiger partial charge in [0.05, 0.1) is 11.0 Å². The van der Waals surface area contributed by atoms with Crippen molar-refractivity contribution in [2.75, 3.05) is 13.1 Å². The fraction of sp³-hybridized carbons (Fsp3) is 0.412. The SMILES string of the molecule is Cc1nc2ccccc2n1CC(=O)N1CCC2(CC1)NC(=O)NC2=O. The van der Waals surface area contributed by atoms with Gasteiger partial charge >= 0.3 is 6.03 Å². The van der Waals surface area contributed by atoms with Crippen molar-refractivity contribution in [3.8, 4) is 0 Å². The fourth-order valence-corrected chi connectivity index (χ4v) is 3.65. The molecule has 0 bridgehead atoms. The monoisotopic (exact) mass is 341 g/mol. The van der Waals surface area contributed by atoms with Crippen LogP contribution >= 0.6 is 0 Å². The summed E-state index contributed by atoms with van der Waals surface area (Å²) in [5.41, 5.74) is 0.950. The first kappa shape index (κ1) is 15.6. The molecule has 2 aliphatic heterocycles. The standard InChI is InChI=1S/C17H19N5O3/c1-11-18-12-4-2-3-5-13(12)22(11)10-14(23)21-8-6-17(7-9-21)15(24)19-16(25)20-17/h2-5H,6-10H2,1H3,(H2,19,20,24,25). The lowest BCUT2D eigenvalue weighted by molar-refractivity contribution is -0.136. The number of urea groups is 1. The molecule has 25 heavy (non-hydrogen) atoms. The van der Waals surface area contributed by atoms with Crippen LogP contribution in [0.4, 0.5) is 4.79 Å². The Morgan fingerprint density at radius 3 is 2.64 bits per heavy atom. The van der Waals surface area contributed by atoms with E-state index in [4.69, 9.17) is 0 Å². The molecule has 2 saturated heterocycles. The molecule has 1 spiro atoms. The number of carbonyl (C=O) groups is 3. The quantitative estimate of drug-likeness (QED) is 0.780. The predicted molar refractivity (Wildman–Crippen MR) is 89.7 cm³/mol. The number of nitrogens with zero attached hydrogens (tertiary/aromatic N) is 3. The number of aromatic nitrogens is 2. The van der Waals surface area contributed by atoms with Crippen molar-refractivity contribution in [3.63, 3.8) is 0 Å². The molecule has 1 aromatic carbocycles. The molecule has 8 nitrogen and oxygen atoms in total. The molecule has 0 unspecified atom stereocenters. The maximum atomic E-state index is 12.7. The minimum Gasteiger partial charge on any atom is -0.341 e. The first-order valence-electron chi connectivity index (χ1n) is 8.32. The Bertz CT molecular complexity index is 880. The smallest absolute Gasteiger partial charge is 0.322 e. The van der Waals surface area contributed by atoms with Gasteiger partial charge in [0.1, 0.15) is 17.9 Å². The molecule has 1 aromatic heterocycles. The zero-order valence-electron chi connectivity index (χ0n) is 13.9. The minimum atomic E-state index is -0.856. The maximum absolute atomic E-state index is 12.7. The number of imide groups is 1. The second-order valence-corrected chi connectivity index (χ2v) is 6.61. The molecule has 3 heterocycles. The summed E-state index contributed by atoms with van der Waals surface area (Å²) in [5, 5.41) is 4.99. The Labute approximate surface area is 144 Å². The summed E-state index contributed by atoms with van der Waals surface area (Å²) in [5.74, 6) is 0.498. The van der Waals surface area contributed by atoms with E-state index in [-0.39, 0.29) is 18.4 Å². The van der Waals surface area contributed by atoms with Gasteiger partial charge in [0, 0.05) is 13.1 Å². The van der Waals surface area contributed by atoms with E-state index in [1.54, 1.807) is 4.90 Å². The lowest BCUT2D eigenvalue weighted by atomic mass is 9.87. The van der Waals surface area contributed by atoms with Crippen LogP contribution in [0.5, 0.6) is 0 Å². The van der Waals surface area contributed by atoms with Gasteiger partial charge in [0.2, 0.25) is 5.91 Å². The van der Waals surface area contributed by atoms with Crippen molar-refractivity contribution < 1.29 is 14.4 Å². The second kappa shape index (κ2) is 5.58. The fourth-order valence-electron chi connectivity index (χ4n) is 3.65. The van der Waals surface area contributed by atoms with Crippen LogP contribution in [0.2, 0.25) is 0 Å². The summed E-state index contributed by atoms with van der Waals surface area (Å²) >= 11 is 0. The minimum absolute atomic E-state index is 0.00849. The molecule has 0 saturated carbocycles. The van der Waals surface area contributed by atoms with Gasteiger partial charge in [-0.3, -0.25) is 14.9 Å². The number of fused-ring (bicyclic) bond motifs is 1. The van der Waals surface area contributed by atoms with Crippen LogP contribution < -0.4 is 10.6 Å².